The van der Waals surface area contributed by atoms with Gasteiger partial charge >= 0.3 is 0 Å². The fourth-order valence-electron chi connectivity index (χ4n) is 2.22. The lowest BCUT2D eigenvalue weighted by molar-refractivity contribution is 0.354. The van der Waals surface area contributed by atoms with Crippen LogP contribution in [0.4, 0.5) is 4.39 Å². The van der Waals surface area contributed by atoms with E-state index in [4.69, 9.17) is 21.1 Å². The van der Waals surface area contributed by atoms with Crippen LogP contribution in [0.2, 0.25) is 5.02 Å². The summed E-state index contributed by atoms with van der Waals surface area (Å²) in [6, 6.07) is 4.73. The summed E-state index contributed by atoms with van der Waals surface area (Å²) in [6.07, 6.45) is 2.77. The molecule has 0 spiro atoms. The molecule has 0 fully saturated rings. The van der Waals surface area contributed by atoms with Crippen molar-refractivity contribution in [1.82, 2.24) is 10.3 Å². The normalized spacial score (nSPS) is 12.0. The van der Waals surface area contributed by atoms with Crippen molar-refractivity contribution in [2.45, 2.75) is 6.04 Å². The van der Waals surface area contributed by atoms with Crippen molar-refractivity contribution < 1.29 is 13.9 Å². The summed E-state index contributed by atoms with van der Waals surface area (Å²) in [5.74, 6) is 0.596. The van der Waals surface area contributed by atoms with Gasteiger partial charge in [0.05, 0.1) is 31.5 Å². The van der Waals surface area contributed by atoms with Crippen LogP contribution >= 0.6 is 11.6 Å². The average molecular weight is 311 g/mol. The van der Waals surface area contributed by atoms with Gasteiger partial charge in [-0.1, -0.05) is 11.6 Å². The highest BCUT2D eigenvalue weighted by atomic mass is 35.5. The molecular weight excluding hydrogens is 295 g/mol. The van der Waals surface area contributed by atoms with Gasteiger partial charge < -0.3 is 14.8 Å². The van der Waals surface area contributed by atoms with Crippen LogP contribution in [-0.2, 0) is 0 Å². The number of ether oxygens (including phenoxy) is 2. The van der Waals surface area contributed by atoms with Gasteiger partial charge in [-0.05, 0) is 36.4 Å². The molecule has 1 aromatic carbocycles. The minimum absolute atomic E-state index is 0.259. The van der Waals surface area contributed by atoms with Gasteiger partial charge in [0.15, 0.2) is 11.5 Å². The smallest absolute Gasteiger partial charge is 0.179 e. The fourth-order valence-corrected chi connectivity index (χ4v) is 2.51. The molecule has 4 nitrogen and oxygen atoms in total. The maximum absolute atomic E-state index is 13.4. The SMILES string of the molecule is CNC(c1cncc(F)c1)c1cc(Cl)c(OC)c(OC)c1. The van der Waals surface area contributed by atoms with Gasteiger partial charge in [-0.25, -0.2) is 4.39 Å². The van der Waals surface area contributed by atoms with Gasteiger partial charge in [0.25, 0.3) is 0 Å². The lowest BCUT2D eigenvalue weighted by Gasteiger charge is -2.19. The van der Waals surface area contributed by atoms with Crippen LogP contribution in [0.25, 0.3) is 0 Å². The van der Waals surface area contributed by atoms with Crippen LogP contribution in [0.1, 0.15) is 17.2 Å². The van der Waals surface area contributed by atoms with E-state index in [1.165, 1.54) is 20.3 Å². The molecule has 2 rings (SSSR count). The Balaban J connectivity index is 2.50. The second kappa shape index (κ2) is 6.74. The number of pyridine rings is 1. The molecule has 0 aliphatic carbocycles. The Hall–Kier alpha value is -1.85. The van der Waals surface area contributed by atoms with Crippen molar-refractivity contribution in [3.05, 3.63) is 52.6 Å². The molecule has 0 aliphatic heterocycles. The van der Waals surface area contributed by atoms with E-state index in [-0.39, 0.29) is 11.9 Å². The monoisotopic (exact) mass is 310 g/mol. The second-order valence-electron chi connectivity index (χ2n) is 4.40. The minimum Gasteiger partial charge on any atom is -0.493 e. The molecule has 0 saturated heterocycles. The Morgan fingerprint density at radius 3 is 2.48 bits per heavy atom. The maximum atomic E-state index is 13.4. The van der Waals surface area contributed by atoms with Crippen LogP contribution in [0.15, 0.2) is 30.6 Å². The fraction of sp³-hybridized carbons (Fsp3) is 0.267. The molecule has 0 amide bonds. The summed E-state index contributed by atoms with van der Waals surface area (Å²) < 4.78 is 23.9. The van der Waals surface area contributed by atoms with Crippen molar-refractivity contribution >= 4 is 11.6 Å². The predicted molar refractivity (Wildman–Crippen MR) is 79.7 cm³/mol. The highest BCUT2D eigenvalue weighted by molar-refractivity contribution is 6.32. The summed E-state index contributed by atoms with van der Waals surface area (Å²) in [5, 5.41) is 3.54. The summed E-state index contributed by atoms with van der Waals surface area (Å²) >= 11 is 6.21. The summed E-state index contributed by atoms with van der Waals surface area (Å²) in [5.41, 5.74) is 1.52. The molecule has 1 atom stereocenters. The van der Waals surface area contributed by atoms with E-state index in [0.717, 1.165) is 11.8 Å². The number of hydrogen-bond acceptors (Lipinski definition) is 4. The van der Waals surface area contributed by atoms with Gasteiger partial charge in [0, 0.05) is 6.20 Å². The van der Waals surface area contributed by atoms with Gasteiger partial charge in [0.1, 0.15) is 5.82 Å². The Morgan fingerprint density at radius 2 is 1.90 bits per heavy atom. The molecule has 21 heavy (non-hydrogen) atoms. The van der Waals surface area contributed by atoms with Gasteiger partial charge in [-0.2, -0.15) is 0 Å². The number of nitrogens with zero attached hydrogens (tertiary/aromatic N) is 1. The van der Waals surface area contributed by atoms with Crippen LogP contribution in [-0.4, -0.2) is 26.3 Å². The Kier molecular flexibility index (Phi) is 4.98. The number of halogens is 2. The summed E-state index contributed by atoms with van der Waals surface area (Å²) in [7, 11) is 4.84. The number of aromatic nitrogens is 1. The number of benzene rings is 1. The number of rotatable bonds is 5. The van der Waals surface area contributed by atoms with E-state index in [0.29, 0.717) is 22.1 Å². The van der Waals surface area contributed by atoms with Crippen molar-refractivity contribution in [2.24, 2.45) is 0 Å². The molecule has 1 aromatic heterocycles. The zero-order valence-electron chi connectivity index (χ0n) is 12.0. The van der Waals surface area contributed by atoms with E-state index in [9.17, 15) is 4.39 Å². The molecule has 0 radical (unpaired) electrons. The second-order valence-corrected chi connectivity index (χ2v) is 4.80. The van der Waals surface area contributed by atoms with Crippen molar-refractivity contribution in [1.29, 1.82) is 0 Å². The first-order valence-corrected chi connectivity index (χ1v) is 6.67. The third-order valence-corrected chi connectivity index (χ3v) is 3.42. The van der Waals surface area contributed by atoms with Crippen LogP contribution in [0.5, 0.6) is 11.5 Å². The van der Waals surface area contributed by atoms with Gasteiger partial charge in [0.2, 0.25) is 0 Å². The maximum Gasteiger partial charge on any atom is 0.179 e. The average Bonchev–Trinajstić information content (AvgIpc) is 2.47. The molecule has 1 unspecified atom stereocenters. The molecule has 6 heteroatoms. The standard InChI is InChI=1S/C15H16ClFN2O2/c1-18-14(10-4-11(17)8-19-7-10)9-5-12(16)15(21-3)13(6-9)20-2/h4-8,14,18H,1-3H3. The van der Waals surface area contributed by atoms with E-state index < -0.39 is 0 Å². The van der Waals surface area contributed by atoms with E-state index in [2.05, 4.69) is 10.3 Å². The van der Waals surface area contributed by atoms with Crippen LogP contribution < -0.4 is 14.8 Å². The summed E-state index contributed by atoms with van der Waals surface area (Å²) in [4.78, 5) is 3.87. The minimum atomic E-state index is -0.390. The zero-order chi connectivity index (χ0) is 15.4. The lowest BCUT2D eigenvalue weighted by Crippen LogP contribution is -2.18. The molecule has 1 heterocycles. The molecule has 0 bridgehead atoms. The first-order valence-electron chi connectivity index (χ1n) is 6.29. The lowest BCUT2D eigenvalue weighted by atomic mass is 9.99. The number of methoxy groups -OCH3 is 2. The topological polar surface area (TPSA) is 43.4 Å². The number of hydrogen-bond donors (Lipinski definition) is 1. The molecule has 1 N–H and O–H groups in total. The third kappa shape index (κ3) is 3.25. The van der Waals surface area contributed by atoms with E-state index in [1.54, 1.807) is 25.4 Å². The van der Waals surface area contributed by atoms with Crippen molar-refractivity contribution in [2.75, 3.05) is 21.3 Å². The zero-order valence-corrected chi connectivity index (χ0v) is 12.7. The molecule has 0 aliphatic rings. The van der Waals surface area contributed by atoms with Gasteiger partial charge in [-0.15, -0.1) is 0 Å². The van der Waals surface area contributed by atoms with Crippen molar-refractivity contribution in [3.63, 3.8) is 0 Å². The number of nitrogens with one attached hydrogen (secondary N) is 1. The Bertz CT molecular complexity index is 637. The first-order chi connectivity index (χ1) is 10.1. The quantitative estimate of drug-likeness (QED) is 0.921. The highest BCUT2D eigenvalue weighted by Crippen LogP contribution is 2.38. The van der Waals surface area contributed by atoms with Crippen LogP contribution in [0, 0.1) is 5.82 Å². The molecule has 2 aromatic rings. The molecule has 0 saturated carbocycles. The Labute approximate surface area is 127 Å². The third-order valence-electron chi connectivity index (χ3n) is 3.14. The van der Waals surface area contributed by atoms with E-state index in [1.807, 2.05) is 0 Å². The van der Waals surface area contributed by atoms with Gasteiger partial charge in [-0.3, -0.25) is 4.98 Å². The summed E-state index contributed by atoms with van der Waals surface area (Å²) in [6.45, 7) is 0. The highest BCUT2D eigenvalue weighted by Gasteiger charge is 2.18. The molecule has 112 valence electrons. The Morgan fingerprint density at radius 1 is 1.14 bits per heavy atom. The molecular formula is C15H16ClFN2O2. The van der Waals surface area contributed by atoms with E-state index >= 15 is 0 Å². The first kappa shape index (κ1) is 15.5. The predicted octanol–water partition coefficient (Wildman–Crippen LogP) is 3.20. The largest absolute Gasteiger partial charge is 0.493 e. The van der Waals surface area contributed by atoms with Crippen molar-refractivity contribution in [3.8, 4) is 11.5 Å². The van der Waals surface area contributed by atoms with Crippen LogP contribution in [0.3, 0.4) is 0 Å².